The van der Waals surface area contributed by atoms with E-state index in [0.29, 0.717) is 70.5 Å². The van der Waals surface area contributed by atoms with Crippen LogP contribution in [0.15, 0.2) is 134 Å². The van der Waals surface area contributed by atoms with Crippen LogP contribution in [0.2, 0.25) is 5.02 Å². The monoisotopic (exact) mass is 1680 g/mol. The van der Waals surface area contributed by atoms with Crippen molar-refractivity contribution in [2.45, 2.75) is 78.3 Å². The molecular formula is C68H86ClFN20O18P4S. The van der Waals surface area contributed by atoms with Crippen molar-refractivity contribution in [1.29, 1.82) is 0 Å². The Morgan fingerprint density at radius 1 is 0.425 bits per heavy atom. The summed E-state index contributed by atoms with van der Waals surface area (Å²) in [5.41, 5.74) is 28.6. The maximum absolute atomic E-state index is 13.6. The van der Waals surface area contributed by atoms with Crippen LogP contribution in [0, 0.1) is 26.6 Å². The highest BCUT2D eigenvalue weighted by Gasteiger charge is 2.23. The van der Waals surface area contributed by atoms with Gasteiger partial charge in [0.05, 0.1) is 83.1 Å². The Morgan fingerprint density at radius 2 is 0.699 bits per heavy atom. The molecule has 4 aromatic carbocycles. The minimum absolute atomic E-state index is 0.000768. The van der Waals surface area contributed by atoms with E-state index in [1.165, 1.54) is 63.5 Å². The Labute approximate surface area is 649 Å². The number of sulfone groups is 1. The van der Waals surface area contributed by atoms with E-state index in [-0.39, 0.29) is 140 Å². The summed E-state index contributed by atoms with van der Waals surface area (Å²) in [4.78, 5) is 89.1. The molecule has 12 aromatic rings. The fourth-order valence-electron chi connectivity index (χ4n) is 10.1. The quantitative estimate of drug-likeness (QED) is 0.0141. The molecule has 8 heterocycles. The minimum Gasteiger partial charge on any atom is -0.370 e. The van der Waals surface area contributed by atoms with Gasteiger partial charge in [0.25, 0.3) is 22.2 Å². The lowest BCUT2D eigenvalue weighted by Gasteiger charge is -2.15. The number of halogens is 2. The third-order valence-electron chi connectivity index (χ3n) is 16.1. The van der Waals surface area contributed by atoms with Crippen molar-refractivity contribution < 1.29 is 68.1 Å². The Hall–Kier alpha value is -9.75. The van der Waals surface area contributed by atoms with Gasteiger partial charge in [-0.2, -0.15) is 19.9 Å². The largest absolute Gasteiger partial charge is 0.370 e. The second-order valence-corrected chi connectivity index (χ2v) is 38.7. The van der Waals surface area contributed by atoms with Crippen LogP contribution in [0.25, 0.3) is 44.7 Å². The smallest absolute Gasteiger partial charge is 0.280 e. The van der Waals surface area contributed by atoms with Crippen LogP contribution in [0.5, 0.6) is 0 Å². The molecule has 0 aliphatic rings. The third-order valence-corrected chi connectivity index (χ3v) is 23.0. The molecule has 0 bridgehead atoms. The van der Waals surface area contributed by atoms with Crippen LogP contribution in [0.3, 0.4) is 0 Å². The first-order valence-electron chi connectivity index (χ1n) is 34.2. The first-order chi connectivity index (χ1) is 53.4. The molecule has 12 N–H and O–H groups in total. The number of aromatic amines is 4. The van der Waals surface area contributed by atoms with Crippen LogP contribution < -0.4 is 45.2 Å². The second-order valence-electron chi connectivity index (χ2n) is 26.1. The van der Waals surface area contributed by atoms with Gasteiger partial charge in [0, 0.05) is 64.1 Å². The number of nitrogens with two attached hydrogens (primary N) is 4. The molecule has 4 atom stereocenters. The molecule has 0 saturated carbocycles. The molecule has 0 radical (unpaired) electrons. The molecule has 0 aliphatic carbocycles. The van der Waals surface area contributed by atoms with Crippen molar-refractivity contribution in [3.05, 3.63) is 201 Å². The number of rotatable bonds is 33. The van der Waals surface area contributed by atoms with Crippen LogP contribution in [-0.4, -0.2) is 171 Å². The SMILES string of the molecule is CP(=O)(COCCn1cnc2c(=O)[nH]c(N)nc21)OCc1ccc(S(C)(=O)=O)cc1.Cc1ccc(COP(C)(=O)COCCn2cnc3c(=O)[nH]c(N)nc32)cc1.Cc1ccc(COP(C)(=O)COCCn2cnc3c(=O)[nH]c(N)nc32)cc1Cl.Cc1ccc(COP(C)(=O)COCCn2cnc3c(=O)[nH]c(N)nc32)cc1F. The molecule has 8 aromatic heterocycles. The maximum Gasteiger partial charge on any atom is 0.280 e. The van der Waals surface area contributed by atoms with E-state index in [4.69, 9.17) is 71.6 Å². The number of anilines is 4. The van der Waals surface area contributed by atoms with E-state index >= 15 is 0 Å². The molecule has 0 spiro atoms. The van der Waals surface area contributed by atoms with Gasteiger partial charge in [-0.3, -0.25) is 57.4 Å². The summed E-state index contributed by atoms with van der Waals surface area (Å²) in [5, 5.41) is 0.643. The summed E-state index contributed by atoms with van der Waals surface area (Å²) in [7, 11) is -15.1. The topological polar surface area (TPSA) is 535 Å². The first-order valence-corrected chi connectivity index (χ1v) is 45.5. The molecular weight excluding hydrogens is 1600 g/mol. The number of nitrogens with zero attached hydrogens (tertiary/aromatic N) is 12. The first kappa shape index (κ1) is 87.2. The van der Waals surface area contributed by atoms with Gasteiger partial charge in [-0.1, -0.05) is 77.8 Å². The lowest BCUT2D eigenvalue weighted by molar-refractivity contribution is 0.153. The van der Waals surface area contributed by atoms with E-state index in [9.17, 15) is 50.2 Å². The number of aromatic nitrogens is 16. The number of nitrogens with one attached hydrogen (secondary N) is 4. The normalized spacial score (nSPS) is 13.8. The Kier molecular flexibility index (Phi) is 30.0. The zero-order chi connectivity index (χ0) is 82.0. The predicted octanol–water partition coefficient (Wildman–Crippen LogP) is 8.32. The van der Waals surface area contributed by atoms with Crippen LogP contribution in [0.1, 0.15) is 38.9 Å². The van der Waals surface area contributed by atoms with E-state index in [1.54, 1.807) is 62.2 Å². The summed E-state index contributed by atoms with van der Waals surface area (Å²) in [6.45, 7) is 14.5. The molecule has 0 fully saturated rings. The zero-order valence-corrected chi connectivity index (χ0v) is 67.8. The average molecular weight is 1680 g/mol. The number of nitrogen functional groups attached to an aromatic ring is 4. The molecule has 38 nitrogen and oxygen atoms in total. The van der Waals surface area contributed by atoms with Crippen molar-refractivity contribution in [3.8, 4) is 0 Å². The summed E-state index contributed by atoms with van der Waals surface area (Å²) in [6, 6.07) is 24.3. The summed E-state index contributed by atoms with van der Waals surface area (Å²) in [5.74, 6) is -0.296. The van der Waals surface area contributed by atoms with Crippen molar-refractivity contribution in [2.75, 3.05) is 108 Å². The lowest BCUT2D eigenvalue weighted by Crippen LogP contribution is -2.13. The van der Waals surface area contributed by atoms with Gasteiger partial charge in [-0.05, 0) is 78.4 Å². The van der Waals surface area contributed by atoms with Gasteiger partial charge in [-0.15, -0.1) is 0 Å². The third kappa shape index (κ3) is 26.1. The zero-order valence-electron chi connectivity index (χ0n) is 62.7. The predicted molar refractivity (Wildman–Crippen MR) is 425 cm³/mol. The fourth-order valence-corrected chi connectivity index (χ4v) is 14.7. The summed E-state index contributed by atoms with van der Waals surface area (Å²) >= 11 is 6.08. The highest BCUT2D eigenvalue weighted by molar-refractivity contribution is 7.90. The van der Waals surface area contributed by atoms with Crippen LogP contribution in [0.4, 0.5) is 28.2 Å². The summed E-state index contributed by atoms with van der Waals surface area (Å²) < 4.78 is 137. The van der Waals surface area contributed by atoms with Crippen molar-refractivity contribution in [2.24, 2.45) is 0 Å². The van der Waals surface area contributed by atoms with E-state index in [2.05, 4.69) is 59.8 Å². The van der Waals surface area contributed by atoms with Crippen molar-refractivity contribution >= 4 is 119 Å². The lowest BCUT2D eigenvalue weighted by atomic mass is 10.1. The molecule has 4 unspecified atom stereocenters. The van der Waals surface area contributed by atoms with Gasteiger partial charge in [-0.25, -0.2) is 32.7 Å². The van der Waals surface area contributed by atoms with E-state index in [0.717, 1.165) is 28.5 Å². The van der Waals surface area contributed by atoms with Gasteiger partial charge in [0.2, 0.25) is 53.3 Å². The Bertz CT molecular complexity index is 5730. The number of imidazole rings is 4. The molecule has 0 aliphatic heterocycles. The number of H-pyrrole nitrogens is 4. The maximum atomic E-state index is 13.6. The van der Waals surface area contributed by atoms with Crippen LogP contribution in [-0.2, 0) is 118 Å². The second kappa shape index (κ2) is 38.9. The average Bonchev–Trinajstić information content (AvgIpc) is 1.68. The van der Waals surface area contributed by atoms with Gasteiger partial charge >= 0.3 is 0 Å². The highest BCUT2D eigenvalue weighted by Crippen LogP contribution is 2.46. The van der Waals surface area contributed by atoms with Crippen LogP contribution >= 0.6 is 41.1 Å². The molecule has 0 amide bonds. The Morgan fingerprint density at radius 3 is 0.991 bits per heavy atom. The van der Waals surface area contributed by atoms with Crippen molar-refractivity contribution in [3.63, 3.8) is 0 Å². The molecule has 0 saturated heterocycles. The highest BCUT2D eigenvalue weighted by atomic mass is 35.5. The minimum atomic E-state index is -3.27. The molecule has 45 heteroatoms. The van der Waals surface area contributed by atoms with E-state index < -0.39 is 56.0 Å². The Balaban J connectivity index is 0.000000173. The number of hydrogen-bond acceptors (Lipinski definition) is 30. The summed E-state index contributed by atoms with van der Waals surface area (Å²) in [6.07, 6.45) is 6.81. The van der Waals surface area contributed by atoms with Crippen molar-refractivity contribution in [1.82, 2.24) is 78.1 Å². The standard InChI is InChI=1S/C17H21ClN5O4P.C17H21FN5O4P.C17H22N5O6PS.C17H22N5O4P/c2*1-11-3-4-12(7-13(11)18)8-27-28(2,25)10-26-6-5-23-9-20-14-15(23)21-17(19)22-16(14)24;1-29(24,28-9-12-3-5-13(6-4-12)30(2,25)26)11-27-8-7-22-10-19-14-15(22)20-17(18)21-16(14)23;1-12-3-5-13(6-4-12)9-26-27(2,24)11-25-8-7-22-10-19-14-15(22)20-17(18)21-16(14)23/h2*3-4,7,9H,5-6,8,10H2,1-2H3,(H3,19,21,22,24);3-6,10H,7-9,11H2,1-2H3,(H3,18,20,21,23);3-6,10H,7-9,11H2,1-2H3,(H3,18,20,21,23). The molecule has 113 heavy (non-hydrogen) atoms. The fraction of sp³-hybridized carbons (Fsp3) is 0.353. The van der Waals surface area contributed by atoms with Gasteiger partial charge < -0.3 is 78.2 Å². The molecule has 12 rings (SSSR count). The molecule has 606 valence electrons. The number of aryl methyl sites for hydroxylation is 3. The van der Waals surface area contributed by atoms with Gasteiger partial charge in [0.15, 0.2) is 54.5 Å². The van der Waals surface area contributed by atoms with Gasteiger partial charge in [0.1, 0.15) is 31.2 Å². The van der Waals surface area contributed by atoms with E-state index in [1.807, 2.05) is 50.2 Å². The number of benzene rings is 4. The number of ether oxygens (including phenoxy) is 4. The number of hydrogen-bond donors (Lipinski definition) is 8. The number of fused-ring (bicyclic) bond motifs is 4.